The predicted octanol–water partition coefficient (Wildman–Crippen LogP) is -0.597. The third-order valence-electron chi connectivity index (χ3n) is 2.30. The van der Waals surface area contributed by atoms with Gasteiger partial charge in [0.25, 0.3) is 5.56 Å². The number of rotatable bonds is 5. The van der Waals surface area contributed by atoms with Crippen LogP contribution in [0.15, 0.2) is 15.8 Å². The molecular formula is C10H14N3O4-. The molecular weight excluding hydrogens is 226 g/mol. The SMILES string of the molecule is CCCCCN(C(=O)[O-])c1c[nH]c(=O)[nH]c1=O. The third-order valence-corrected chi connectivity index (χ3v) is 2.30. The van der Waals surface area contributed by atoms with Crippen LogP contribution in [0.4, 0.5) is 10.5 Å². The van der Waals surface area contributed by atoms with Crippen molar-refractivity contribution in [1.29, 1.82) is 0 Å². The standard InChI is InChI=1S/C10H15N3O4/c1-2-3-4-5-13(10(16)17)7-6-11-9(15)12-8(7)14/h6H,2-5H2,1H3,(H,16,17)(H2,11,12,14,15)/p-1. The second-order valence-electron chi connectivity index (χ2n) is 3.58. The number of aromatic amines is 2. The van der Waals surface area contributed by atoms with Gasteiger partial charge in [0.05, 0.1) is 0 Å². The van der Waals surface area contributed by atoms with Crippen LogP contribution in [0.1, 0.15) is 26.2 Å². The number of hydrogen-bond donors (Lipinski definition) is 2. The lowest BCUT2D eigenvalue weighted by Crippen LogP contribution is -2.45. The van der Waals surface area contributed by atoms with Gasteiger partial charge in [-0.3, -0.25) is 9.78 Å². The molecule has 7 nitrogen and oxygen atoms in total. The van der Waals surface area contributed by atoms with E-state index in [1.807, 2.05) is 11.9 Å². The summed E-state index contributed by atoms with van der Waals surface area (Å²) in [5, 5.41) is 10.9. The van der Waals surface area contributed by atoms with Crippen LogP contribution in [0.3, 0.4) is 0 Å². The Balaban J connectivity index is 2.94. The average molecular weight is 240 g/mol. The van der Waals surface area contributed by atoms with E-state index in [9.17, 15) is 19.5 Å². The minimum Gasteiger partial charge on any atom is -0.530 e. The minimum atomic E-state index is -1.46. The van der Waals surface area contributed by atoms with E-state index in [1.54, 1.807) is 0 Å². The van der Waals surface area contributed by atoms with Gasteiger partial charge in [-0.05, 0) is 6.42 Å². The van der Waals surface area contributed by atoms with Gasteiger partial charge in [-0.15, -0.1) is 0 Å². The molecule has 0 aliphatic heterocycles. The number of amides is 1. The van der Waals surface area contributed by atoms with Gasteiger partial charge in [-0.1, -0.05) is 19.8 Å². The zero-order valence-electron chi connectivity index (χ0n) is 9.49. The molecule has 0 spiro atoms. The number of hydrogen-bond acceptors (Lipinski definition) is 4. The molecule has 1 amide bonds. The van der Waals surface area contributed by atoms with Crippen LogP contribution in [0.25, 0.3) is 0 Å². The predicted molar refractivity (Wildman–Crippen MR) is 60.0 cm³/mol. The summed E-state index contributed by atoms with van der Waals surface area (Å²) in [6.45, 7) is 2.15. The summed E-state index contributed by atoms with van der Waals surface area (Å²) < 4.78 is 0. The van der Waals surface area contributed by atoms with Crippen molar-refractivity contribution in [3.8, 4) is 0 Å². The second kappa shape index (κ2) is 5.88. The maximum atomic E-state index is 11.4. The summed E-state index contributed by atoms with van der Waals surface area (Å²) in [4.78, 5) is 38.1. The number of carbonyl (C=O) groups is 1. The lowest BCUT2D eigenvalue weighted by atomic mass is 10.2. The van der Waals surface area contributed by atoms with E-state index < -0.39 is 17.3 Å². The van der Waals surface area contributed by atoms with Crippen molar-refractivity contribution in [3.05, 3.63) is 27.0 Å². The molecule has 0 radical (unpaired) electrons. The minimum absolute atomic E-state index is 0.124. The van der Waals surface area contributed by atoms with Crippen molar-refractivity contribution >= 4 is 11.8 Å². The van der Waals surface area contributed by atoms with Gasteiger partial charge in [-0.2, -0.15) is 0 Å². The average Bonchev–Trinajstić information content (AvgIpc) is 2.25. The number of carbonyl (C=O) groups excluding carboxylic acids is 1. The zero-order chi connectivity index (χ0) is 12.8. The van der Waals surface area contributed by atoms with Gasteiger partial charge in [0.1, 0.15) is 11.8 Å². The lowest BCUT2D eigenvalue weighted by molar-refractivity contribution is -0.246. The number of H-pyrrole nitrogens is 2. The first-order valence-electron chi connectivity index (χ1n) is 5.36. The van der Waals surface area contributed by atoms with Crippen LogP contribution in [-0.2, 0) is 0 Å². The fourth-order valence-corrected chi connectivity index (χ4v) is 1.43. The molecule has 7 heteroatoms. The molecule has 1 aromatic rings. The van der Waals surface area contributed by atoms with Crippen molar-refractivity contribution in [2.45, 2.75) is 26.2 Å². The Bertz CT molecular complexity index is 491. The zero-order valence-corrected chi connectivity index (χ0v) is 9.49. The van der Waals surface area contributed by atoms with Gasteiger partial charge in [0.2, 0.25) is 0 Å². The largest absolute Gasteiger partial charge is 0.530 e. The summed E-state index contributed by atoms with van der Waals surface area (Å²) in [5.41, 5.74) is -1.54. The lowest BCUT2D eigenvalue weighted by Gasteiger charge is -2.23. The van der Waals surface area contributed by atoms with Crippen molar-refractivity contribution in [1.82, 2.24) is 9.97 Å². The maximum absolute atomic E-state index is 11.4. The summed E-state index contributed by atoms with van der Waals surface area (Å²) in [7, 11) is 0. The summed E-state index contributed by atoms with van der Waals surface area (Å²) >= 11 is 0. The van der Waals surface area contributed by atoms with Crippen LogP contribution in [0, 0.1) is 0 Å². The number of carboxylic acid groups (broad SMARTS) is 1. The second-order valence-corrected chi connectivity index (χ2v) is 3.58. The maximum Gasteiger partial charge on any atom is 0.325 e. The molecule has 0 aliphatic carbocycles. The third kappa shape index (κ3) is 3.47. The fourth-order valence-electron chi connectivity index (χ4n) is 1.43. The van der Waals surface area contributed by atoms with E-state index >= 15 is 0 Å². The normalized spacial score (nSPS) is 10.2. The molecule has 17 heavy (non-hydrogen) atoms. The topological polar surface area (TPSA) is 109 Å². The van der Waals surface area contributed by atoms with E-state index in [2.05, 4.69) is 4.98 Å². The number of aromatic nitrogens is 2. The van der Waals surface area contributed by atoms with Gasteiger partial charge in [-0.25, -0.2) is 4.79 Å². The Kier molecular flexibility index (Phi) is 4.50. The highest BCUT2D eigenvalue weighted by molar-refractivity contribution is 5.83. The Morgan fingerprint density at radius 1 is 1.41 bits per heavy atom. The molecule has 1 aromatic heterocycles. The van der Waals surface area contributed by atoms with Crippen molar-refractivity contribution < 1.29 is 9.90 Å². The first kappa shape index (κ1) is 13.0. The number of anilines is 1. The Morgan fingerprint density at radius 2 is 2.12 bits per heavy atom. The first-order chi connectivity index (χ1) is 8.06. The van der Waals surface area contributed by atoms with Crippen molar-refractivity contribution in [2.24, 2.45) is 0 Å². The van der Waals surface area contributed by atoms with E-state index in [0.29, 0.717) is 6.42 Å². The van der Waals surface area contributed by atoms with Crippen LogP contribution in [0.5, 0.6) is 0 Å². The molecule has 0 aromatic carbocycles. The molecule has 0 bridgehead atoms. The molecule has 0 atom stereocenters. The number of unbranched alkanes of at least 4 members (excludes halogenated alkanes) is 2. The molecule has 1 rings (SSSR count). The van der Waals surface area contributed by atoms with Crippen molar-refractivity contribution in [3.63, 3.8) is 0 Å². The van der Waals surface area contributed by atoms with Crippen LogP contribution < -0.4 is 21.3 Å². The highest BCUT2D eigenvalue weighted by Crippen LogP contribution is 2.06. The molecule has 0 unspecified atom stereocenters. The van der Waals surface area contributed by atoms with Gasteiger partial charge >= 0.3 is 5.69 Å². The Hall–Kier alpha value is -2.05. The summed E-state index contributed by atoms with van der Waals surface area (Å²) in [5.74, 6) is 0. The molecule has 0 aliphatic rings. The summed E-state index contributed by atoms with van der Waals surface area (Å²) in [6, 6.07) is 0. The molecule has 94 valence electrons. The molecule has 0 fully saturated rings. The van der Waals surface area contributed by atoms with Gasteiger partial charge in [0, 0.05) is 12.7 Å². The Labute approximate surface area is 97.1 Å². The fraction of sp³-hybridized carbons (Fsp3) is 0.500. The molecule has 1 heterocycles. The molecule has 2 N–H and O–H groups in total. The summed E-state index contributed by atoms with van der Waals surface area (Å²) in [6.07, 6.45) is 2.03. The molecule has 0 saturated carbocycles. The van der Waals surface area contributed by atoms with Crippen LogP contribution in [0.2, 0.25) is 0 Å². The first-order valence-corrected chi connectivity index (χ1v) is 5.36. The Morgan fingerprint density at radius 3 is 2.65 bits per heavy atom. The van der Waals surface area contributed by atoms with Gasteiger partial charge in [0.15, 0.2) is 0 Å². The number of nitrogens with one attached hydrogen (secondary N) is 2. The van der Waals surface area contributed by atoms with E-state index in [4.69, 9.17) is 0 Å². The monoisotopic (exact) mass is 240 g/mol. The van der Waals surface area contributed by atoms with Crippen molar-refractivity contribution in [2.75, 3.05) is 11.4 Å². The highest BCUT2D eigenvalue weighted by atomic mass is 16.4. The van der Waals surface area contributed by atoms with E-state index in [-0.39, 0.29) is 12.2 Å². The van der Waals surface area contributed by atoms with Crippen LogP contribution >= 0.6 is 0 Å². The smallest absolute Gasteiger partial charge is 0.325 e. The highest BCUT2D eigenvalue weighted by Gasteiger charge is 2.11. The van der Waals surface area contributed by atoms with E-state index in [1.165, 1.54) is 0 Å². The number of nitrogens with zero attached hydrogens (tertiary/aromatic N) is 1. The van der Waals surface area contributed by atoms with Crippen LogP contribution in [-0.4, -0.2) is 22.6 Å². The van der Waals surface area contributed by atoms with E-state index in [0.717, 1.165) is 23.9 Å². The quantitative estimate of drug-likeness (QED) is 0.670. The van der Waals surface area contributed by atoms with Gasteiger partial charge < -0.3 is 19.8 Å². The molecule has 0 saturated heterocycles.